The predicted octanol–water partition coefficient (Wildman–Crippen LogP) is -1.10. The highest BCUT2D eigenvalue weighted by Crippen LogP contribution is 2.10. The van der Waals surface area contributed by atoms with E-state index in [4.69, 9.17) is 11.6 Å². The van der Waals surface area contributed by atoms with Crippen molar-refractivity contribution in [3.8, 4) is 0 Å². The van der Waals surface area contributed by atoms with Crippen molar-refractivity contribution in [3.05, 3.63) is 5.82 Å². The molecular formula is C6H14N6. The largest absolute Gasteiger partial charge is 0.366 e. The maximum atomic E-state index is 5.57. The van der Waals surface area contributed by atoms with E-state index >= 15 is 0 Å². The number of nitrogens with one attached hydrogen (secondary N) is 1. The summed E-state index contributed by atoms with van der Waals surface area (Å²) in [5.41, 5.74) is 5.42. The first-order valence-corrected chi connectivity index (χ1v) is 3.77. The minimum atomic E-state index is 0.213. The van der Waals surface area contributed by atoms with Gasteiger partial charge < -0.3 is 16.9 Å². The molecule has 0 radical (unpaired) electrons. The molecule has 1 rings (SSSR count). The Morgan fingerprint density at radius 1 is 1.58 bits per heavy atom. The lowest BCUT2D eigenvalue weighted by Gasteiger charge is -2.08. The molecule has 0 aliphatic carbocycles. The molecule has 5 N–H and O–H groups in total. The van der Waals surface area contributed by atoms with Crippen LogP contribution in [0.4, 0.5) is 5.95 Å². The van der Waals surface area contributed by atoms with Gasteiger partial charge in [0.05, 0.1) is 0 Å². The molecule has 1 heterocycles. The Balaban J connectivity index is 2.80. The number of nitrogens with two attached hydrogens (primary N) is 2. The average molecular weight is 170 g/mol. The first-order valence-electron chi connectivity index (χ1n) is 3.77. The second-order valence-corrected chi connectivity index (χ2v) is 2.75. The van der Waals surface area contributed by atoms with Crippen molar-refractivity contribution in [2.24, 2.45) is 0 Å². The summed E-state index contributed by atoms with van der Waals surface area (Å²) in [5.74, 6) is 6.73. The van der Waals surface area contributed by atoms with Crippen molar-refractivity contribution in [1.82, 2.24) is 20.2 Å². The van der Waals surface area contributed by atoms with Crippen molar-refractivity contribution in [3.63, 3.8) is 0 Å². The van der Waals surface area contributed by atoms with E-state index in [2.05, 4.69) is 15.5 Å². The van der Waals surface area contributed by atoms with Crippen molar-refractivity contribution < 1.29 is 0 Å². The van der Waals surface area contributed by atoms with Crippen molar-refractivity contribution in [1.29, 1.82) is 0 Å². The van der Waals surface area contributed by atoms with E-state index in [1.54, 1.807) is 0 Å². The Morgan fingerprint density at radius 2 is 2.25 bits per heavy atom. The van der Waals surface area contributed by atoms with E-state index in [1.807, 2.05) is 14.0 Å². The molecule has 12 heavy (non-hydrogen) atoms. The number of nitrogen functional groups attached to an aromatic ring is 2. The SMILES string of the molecule is CNCC(C)c1nnc(N)n1N. The first kappa shape index (κ1) is 8.79. The third-order valence-electron chi connectivity index (χ3n) is 1.70. The molecule has 0 fully saturated rings. The maximum Gasteiger partial charge on any atom is 0.240 e. The standard InChI is InChI=1S/C6H14N6/c1-4(3-9-2)5-10-11-6(7)12(5)8/h4,9H,3,8H2,1-2H3,(H2,7,11). The topological polar surface area (TPSA) is 94.8 Å². The summed E-state index contributed by atoms with van der Waals surface area (Å²) in [6.45, 7) is 2.80. The van der Waals surface area contributed by atoms with Crippen LogP contribution in [0.5, 0.6) is 0 Å². The van der Waals surface area contributed by atoms with Crippen molar-refractivity contribution >= 4 is 5.95 Å². The molecule has 1 aromatic heterocycles. The van der Waals surface area contributed by atoms with Crippen molar-refractivity contribution in [2.75, 3.05) is 25.2 Å². The van der Waals surface area contributed by atoms with E-state index in [1.165, 1.54) is 4.68 Å². The highest BCUT2D eigenvalue weighted by molar-refractivity contribution is 5.18. The Bertz CT molecular complexity index is 255. The van der Waals surface area contributed by atoms with Gasteiger partial charge in [0, 0.05) is 12.5 Å². The van der Waals surface area contributed by atoms with Crippen LogP contribution in [0.2, 0.25) is 0 Å². The third-order valence-corrected chi connectivity index (χ3v) is 1.70. The maximum absolute atomic E-state index is 5.57. The average Bonchev–Trinajstić information content (AvgIpc) is 2.34. The molecule has 68 valence electrons. The fourth-order valence-corrected chi connectivity index (χ4v) is 1.05. The fourth-order valence-electron chi connectivity index (χ4n) is 1.05. The van der Waals surface area contributed by atoms with Crippen LogP contribution in [-0.4, -0.2) is 28.5 Å². The molecule has 6 nitrogen and oxygen atoms in total. The van der Waals surface area contributed by atoms with Gasteiger partial charge in [0.2, 0.25) is 5.95 Å². The van der Waals surface area contributed by atoms with Crippen LogP contribution in [0, 0.1) is 0 Å². The van der Waals surface area contributed by atoms with Gasteiger partial charge in [0.1, 0.15) is 0 Å². The van der Waals surface area contributed by atoms with E-state index in [0.717, 1.165) is 6.54 Å². The van der Waals surface area contributed by atoms with Gasteiger partial charge in [-0.15, -0.1) is 10.2 Å². The molecule has 1 atom stereocenters. The predicted molar refractivity (Wildman–Crippen MR) is 46.9 cm³/mol. The Morgan fingerprint density at radius 3 is 2.67 bits per heavy atom. The zero-order valence-electron chi connectivity index (χ0n) is 7.28. The van der Waals surface area contributed by atoms with Crippen LogP contribution < -0.4 is 16.9 Å². The number of hydrogen-bond acceptors (Lipinski definition) is 5. The molecule has 0 amide bonds. The molecule has 0 bridgehead atoms. The lowest BCUT2D eigenvalue weighted by molar-refractivity contribution is 0.623. The van der Waals surface area contributed by atoms with Gasteiger partial charge in [0.15, 0.2) is 5.82 Å². The van der Waals surface area contributed by atoms with Crippen LogP contribution in [0.25, 0.3) is 0 Å². The highest BCUT2D eigenvalue weighted by Gasteiger charge is 2.13. The minimum Gasteiger partial charge on any atom is -0.366 e. The Hall–Kier alpha value is -1.30. The summed E-state index contributed by atoms with van der Waals surface area (Å²) < 4.78 is 1.31. The number of anilines is 1. The molecule has 1 unspecified atom stereocenters. The van der Waals surface area contributed by atoms with Crippen molar-refractivity contribution in [2.45, 2.75) is 12.8 Å². The number of rotatable bonds is 3. The molecular weight excluding hydrogens is 156 g/mol. The summed E-state index contributed by atoms with van der Waals surface area (Å²) in [6.07, 6.45) is 0. The molecule has 0 aliphatic rings. The fraction of sp³-hybridized carbons (Fsp3) is 0.667. The van der Waals surface area contributed by atoms with Crippen LogP contribution in [0.1, 0.15) is 18.7 Å². The van der Waals surface area contributed by atoms with Gasteiger partial charge in [-0.2, -0.15) is 0 Å². The Labute approximate surface area is 70.9 Å². The van der Waals surface area contributed by atoms with E-state index in [-0.39, 0.29) is 11.9 Å². The first-order chi connectivity index (χ1) is 5.66. The molecule has 0 spiro atoms. The zero-order valence-corrected chi connectivity index (χ0v) is 7.28. The summed E-state index contributed by atoms with van der Waals surface area (Å²) in [7, 11) is 1.87. The van der Waals surface area contributed by atoms with Crippen LogP contribution in [0.3, 0.4) is 0 Å². The zero-order chi connectivity index (χ0) is 9.14. The van der Waals surface area contributed by atoms with E-state index in [0.29, 0.717) is 5.82 Å². The number of aromatic nitrogens is 3. The van der Waals surface area contributed by atoms with Gasteiger partial charge in [0.25, 0.3) is 0 Å². The summed E-state index contributed by atoms with van der Waals surface area (Å²) >= 11 is 0. The number of hydrogen-bond donors (Lipinski definition) is 3. The summed E-state index contributed by atoms with van der Waals surface area (Å²) in [6, 6.07) is 0. The number of likely N-dealkylation sites (N-methyl/N-ethyl adjacent to an activating group) is 1. The monoisotopic (exact) mass is 170 g/mol. The second-order valence-electron chi connectivity index (χ2n) is 2.75. The van der Waals surface area contributed by atoms with Crippen LogP contribution in [0.15, 0.2) is 0 Å². The summed E-state index contributed by atoms with van der Waals surface area (Å²) in [5, 5.41) is 10.5. The smallest absolute Gasteiger partial charge is 0.240 e. The van der Waals surface area contributed by atoms with Gasteiger partial charge in [-0.25, -0.2) is 4.68 Å². The summed E-state index contributed by atoms with van der Waals surface area (Å²) in [4.78, 5) is 0. The molecule has 0 aromatic carbocycles. The van der Waals surface area contributed by atoms with Crippen LogP contribution in [-0.2, 0) is 0 Å². The van der Waals surface area contributed by atoms with Gasteiger partial charge in [-0.05, 0) is 7.05 Å². The highest BCUT2D eigenvalue weighted by atomic mass is 15.4. The molecule has 0 saturated heterocycles. The minimum absolute atomic E-state index is 0.213. The van der Waals surface area contributed by atoms with E-state index in [9.17, 15) is 0 Å². The van der Waals surface area contributed by atoms with Crippen LogP contribution >= 0.6 is 0 Å². The van der Waals surface area contributed by atoms with Gasteiger partial charge in [-0.3, -0.25) is 0 Å². The lowest BCUT2D eigenvalue weighted by atomic mass is 10.2. The quantitative estimate of drug-likeness (QED) is 0.500. The number of nitrogens with zero attached hydrogens (tertiary/aromatic N) is 3. The second kappa shape index (κ2) is 3.40. The van der Waals surface area contributed by atoms with Gasteiger partial charge in [-0.1, -0.05) is 6.92 Å². The molecule has 0 aliphatic heterocycles. The van der Waals surface area contributed by atoms with E-state index < -0.39 is 0 Å². The molecule has 6 heteroatoms. The lowest BCUT2D eigenvalue weighted by Crippen LogP contribution is -2.22. The molecule has 1 aromatic rings. The molecule has 0 saturated carbocycles. The third kappa shape index (κ3) is 1.48. The Kier molecular flexibility index (Phi) is 2.49. The van der Waals surface area contributed by atoms with Gasteiger partial charge >= 0.3 is 0 Å². The normalized spacial score (nSPS) is 13.2.